The third kappa shape index (κ3) is 3.24. The van der Waals surface area contributed by atoms with E-state index in [9.17, 15) is 9.59 Å². The molecule has 6 heteroatoms. The second kappa shape index (κ2) is 7.28. The van der Waals surface area contributed by atoms with Crippen molar-refractivity contribution >= 4 is 28.5 Å². The van der Waals surface area contributed by atoms with Crippen LogP contribution in [-0.4, -0.2) is 42.5 Å². The number of piperidine rings is 1. The highest BCUT2D eigenvalue weighted by Crippen LogP contribution is 2.35. The summed E-state index contributed by atoms with van der Waals surface area (Å²) in [6.45, 7) is 1.66. The molecule has 0 radical (unpaired) electrons. The summed E-state index contributed by atoms with van der Waals surface area (Å²) >= 11 is 0. The van der Waals surface area contributed by atoms with E-state index in [1.165, 1.54) is 0 Å². The Morgan fingerprint density at radius 3 is 2.52 bits per heavy atom. The average Bonchev–Trinajstić information content (AvgIpc) is 3.22. The van der Waals surface area contributed by atoms with Gasteiger partial charge >= 0.3 is 0 Å². The zero-order chi connectivity index (χ0) is 19.8. The topological polar surface area (TPSA) is 63.0 Å². The van der Waals surface area contributed by atoms with E-state index in [2.05, 4.69) is 0 Å². The largest absolute Gasteiger partial charge is 0.476 e. The summed E-state index contributed by atoms with van der Waals surface area (Å²) in [6.07, 6.45) is 2.46. The van der Waals surface area contributed by atoms with Crippen LogP contribution in [0.15, 0.2) is 59.0 Å². The molecule has 0 spiro atoms. The van der Waals surface area contributed by atoms with Crippen molar-refractivity contribution in [2.75, 3.05) is 24.5 Å². The number of rotatable bonds is 2. The van der Waals surface area contributed by atoms with Crippen LogP contribution in [0.2, 0.25) is 0 Å². The smallest absolute Gasteiger partial charge is 0.294 e. The molecule has 3 aromatic rings. The molecule has 0 aliphatic carbocycles. The highest BCUT2D eigenvalue weighted by atomic mass is 16.5. The maximum atomic E-state index is 13.3. The van der Waals surface area contributed by atoms with Crippen molar-refractivity contribution in [1.29, 1.82) is 0 Å². The molecule has 1 aromatic heterocycles. The SMILES string of the molecule is O=C([C@H]1CN(C(=O)c2cc3ccccc3o2)c2ccccc2O1)N1CCCCC1. The summed E-state index contributed by atoms with van der Waals surface area (Å²) in [5.74, 6) is 0.473. The van der Waals surface area contributed by atoms with E-state index in [1.807, 2.05) is 47.4 Å². The zero-order valence-corrected chi connectivity index (χ0v) is 16.0. The van der Waals surface area contributed by atoms with Gasteiger partial charge in [-0.1, -0.05) is 30.3 Å². The monoisotopic (exact) mass is 390 g/mol. The van der Waals surface area contributed by atoms with Crippen LogP contribution in [0.4, 0.5) is 5.69 Å². The second-order valence-electron chi connectivity index (χ2n) is 7.52. The lowest BCUT2D eigenvalue weighted by Crippen LogP contribution is -2.52. The quantitative estimate of drug-likeness (QED) is 0.667. The third-order valence-corrected chi connectivity index (χ3v) is 5.60. The molecule has 29 heavy (non-hydrogen) atoms. The van der Waals surface area contributed by atoms with Crippen molar-refractivity contribution in [3.05, 3.63) is 60.4 Å². The van der Waals surface area contributed by atoms with Crippen LogP contribution in [0, 0.1) is 0 Å². The molecule has 2 aliphatic heterocycles. The van der Waals surface area contributed by atoms with Gasteiger partial charge in [-0.25, -0.2) is 0 Å². The van der Waals surface area contributed by atoms with Gasteiger partial charge in [-0.15, -0.1) is 0 Å². The van der Waals surface area contributed by atoms with Crippen LogP contribution in [0.3, 0.4) is 0 Å². The lowest BCUT2D eigenvalue weighted by Gasteiger charge is -2.37. The molecule has 1 atom stereocenters. The predicted molar refractivity (Wildman–Crippen MR) is 109 cm³/mol. The van der Waals surface area contributed by atoms with Gasteiger partial charge < -0.3 is 14.1 Å². The van der Waals surface area contributed by atoms with E-state index < -0.39 is 6.10 Å². The molecule has 0 N–H and O–H groups in total. The fraction of sp³-hybridized carbons (Fsp3) is 0.304. The van der Waals surface area contributed by atoms with Gasteiger partial charge in [0.05, 0.1) is 12.2 Å². The number of carbonyl (C=O) groups is 2. The van der Waals surface area contributed by atoms with Crippen LogP contribution in [0.1, 0.15) is 29.8 Å². The van der Waals surface area contributed by atoms with Gasteiger partial charge in [0.15, 0.2) is 11.9 Å². The summed E-state index contributed by atoms with van der Waals surface area (Å²) in [5, 5.41) is 0.873. The highest BCUT2D eigenvalue weighted by Gasteiger charge is 2.37. The molecule has 0 bridgehead atoms. The molecule has 2 aliphatic rings. The van der Waals surface area contributed by atoms with Crippen molar-refractivity contribution < 1.29 is 18.7 Å². The Kier molecular flexibility index (Phi) is 4.46. The minimum atomic E-state index is -0.712. The van der Waals surface area contributed by atoms with Crippen LogP contribution in [-0.2, 0) is 4.79 Å². The first kappa shape index (κ1) is 17.8. The van der Waals surface area contributed by atoms with Crippen molar-refractivity contribution in [1.82, 2.24) is 4.90 Å². The first-order valence-electron chi connectivity index (χ1n) is 10.1. The lowest BCUT2D eigenvalue weighted by atomic mass is 10.1. The van der Waals surface area contributed by atoms with E-state index in [-0.39, 0.29) is 24.1 Å². The fourth-order valence-electron chi connectivity index (χ4n) is 4.09. The summed E-state index contributed by atoms with van der Waals surface area (Å²) in [6, 6.07) is 16.6. The van der Waals surface area contributed by atoms with Gasteiger partial charge in [0, 0.05) is 18.5 Å². The Morgan fingerprint density at radius 2 is 1.69 bits per heavy atom. The number of carbonyl (C=O) groups excluding carboxylic acids is 2. The van der Waals surface area contributed by atoms with Gasteiger partial charge in [0.2, 0.25) is 0 Å². The van der Waals surface area contributed by atoms with Crippen LogP contribution in [0.25, 0.3) is 11.0 Å². The van der Waals surface area contributed by atoms with Crippen molar-refractivity contribution in [3.8, 4) is 5.75 Å². The number of furan rings is 1. The molecule has 3 heterocycles. The van der Waals surface area contributed by atoms with Gasteiger partial charge in [0.1, 0.15) is 11.3 Å². The third-order valence-electron chi connectivity index (χ3n) is 5.60. The number of anilines is 1. The van der Waals surface area contributed by atoms with Gasteiger partial charge in [-0.2, -0.15) is 0 Å². The van der Waals surface area contributed by atoms with E-state index in [0.29, 0.717) is 17.0 Å². The van der Waals surface area contributed by atoms with Crippen LogP contribution < -0.4 is 9.64 Å². The maximum Gasteiger partial charge on any atom is 0.294 e. The summed E-state index contributed by atoms with van der Waals surface area (Å²) in [7, 11) is 0. The van der Waals surface area contributed by atoms with E-state index >= 15 is 0 Å². The lowest BCUT2D eigenvalue weighted by molar-refractivity contribution is -0.139. The molecular formula is C23H22N2O4. The Hall–Kier alpha value is -3.28. The zero-order valence-electron chi connectivity index (χ0n) is 16.0. The average molecular weight is 390 g/mol. The normalized spacial score (nSPS) is 19.0. The number of para-hydroxylation sites is 3. The Morgan fingerprint density at radius 1 is 0.931 bits per heavy atom. The molecule has 5 rings (SSSR count). The van der Waals surface area contributed by atoms with E-state index in [1.54, 1.807) is 17.0 Å². The number of hydrogen-bond donors (Lipinski definition) is 0. The number of nitrogens with zero attached hydrogens (tertiary/aromatic N) is 2. The summed E-state index contributed by atoms with van der Waals surface area (Å²) < 4.78 is 11.8. The van der Waals surface area contributed by atoms with Gasteiger partial charge in [0.25, 0.3) is 11.8 Å². The summed E-state index contributed by atoms with van der Waals surface area (Å²) in [5.41, 5.74) is 1.32. The number of hydrogen-bond acceptors (Lipinski definition) is 4. The molecule has 148 valence electrons. The minimum absolute atomic E-state index is 0.0541. The van der Waals surface area contributed by atoms with Gasteiger partial charge in [-0.3, -0.25) is 14.5 Å². The Bertz CT molecular complexity index is 1030. The molecule has 0 saturated carbocycles. The van der Waals surface area contributed by atoms with Crippen LogP contribution in [0.5, 0.6) is 5.75 Å². The minimum Gasteiger partial charge on any atom is -0.476 e. The van der Waals surface area contributed by atoms with Crippen molar-refractivity contribution in [2.24, 2.45) is 0 Å². The molecule has 2 amide bonds. The number of benzene rings is 2. The van der Waals surface area contributed by atoms with E-state index in [4.69, 9.17) is 9.15 Å². The van der Waals surface area contributed by atoms with Crippen molar-refractivity contribution in [3.63, 3.8) is 0 Å². The maximum absolute atomic E-state index is 13.3. The number of fused-ring (bicyclic) bond motifs is 2. The van der Waals surface area contributed by atoms with Crippen LogP contribution >= 0.6 is 0 Å². The molecule has 0 unspecified atom stereocenters. The molecule has 6 nitrogen and oxygen atoms in total. The highest BCUT2D eigenvalue weighted by molar-refractivity contribution is 6.08. The molecule has 2 aromatic carbocycles. The number of ether oxygens (including phenoxy) is 1. The molecule has 1 saturated heterocycles. The Labute approximate surface area is 168 Å². The molecule has 1 fully saturated rings. The van der Waals surface area contributed by atoms with Crippen molar-refractivity contribution in [2.45, 2.75) is 25.4 Å². The number of likely N-dealkylation sites (tertiary alicyclic amines) is 1. The summed E-state index contributed by atoms with van der Waals surface area (Å²) in [4.78, 5) is 29.8. The second-order valence-corrected chi connectivity index (χ2v) is 7.52. The molecular weight excluding hydrogens is 368 g/mol. The Balaban J connectivity index is 1.47. The standard InChI is InChI=1S/C23H22N2O4/c26-22(24-12-6-1-7-13-24)21-15-25(17-9-3-5-11-19(17)29-21)23(27)20-14-16-8-2-4-10-18(16)28-20/h2-5,8-11,14,21H,1,6-7,12-13,15H2/t21-/m1/s1. The predicted octanol–water partition coefficient (Wildman–Crippen LogP) is 3.85. The van der Waals surface area contributed by atoms with Gasteiger partial charge in [-0.05, 0) is 43.5 Å². The first-order valence-corrected chi connectivity index (χ1v) is 10.1. The fourth-order valence-corrected chi connectivity index (χ4v) is 4.09. The number of amides is 2. The van der Waals surface area contributed by atoms with E-state index in [0.717, 1.165) is 37.7 Å². The first-order chi connectivity index (χ1) is 14.2.